The number of hydrogen-bond donors (Lipinski definition) is 1. The summed E-state index contributed by atoms with van der Waals surface area (Å²) in [6.07, 6.45) is 0.132. The Hall–Kier alpha value is -1.93. The Labute approximate surface area is 75.1 Å². The van der Waals surface area contributed by atoms with E-state index in [0.717, 1.165) is 5.56 Å². The monoisotopic (exact) mass is 176 g/mol. The molecule has 0 atom stereocenters. The molecule has 4 nitrogen and oxygen atoms in total. The van der Waals surface area contributed by atoms with Crippen molar-refractivity contribution < 1.29 is 14.7 Å². The Morgan fingerprint density at radius 2 is 2.00 bits per heavy atom. The van der Waals surface area contributed by atoms with E-state index < -0.39 is 5.97 Å². The zero-order valence-corrected chi connectivity index (χ0v) is 6.86. The number of rotatable bonds is 3. The molecule has 1 rings (SSSR count). The van der Waals surface area contributed by atoms with Gasteiger partial charge in [0.05, 0.1) is 16.7 Å². The summed E-state index contributed by atoms with van der Waals surface area (Å²) >= 11 is 0. The highest BCUT2D eigenvalue weighted by molar-refractivity contribution is 6.32. The molecule has 1 N–H and O–H groups in total. The summed E-state index contributed by atoms with van der Waals surface area (Å²) < 4.78 is 0. The molecule has 1 aromatic rings. The van der Waals surface area contributed by atoms with Crippen molar-refractivity contribution in [3.05, 3.63) is 35.9 Å². The molecule has 0 aliphatic heterocycles. The third-order valence-electron chi connectivity index (χ3n) is 1.58. The van der Waals surface area contributed by atoms with Crippen LogP contribution in [0, 0.1) is 5.53 Å². The van der Waals surface area contributed by atoms with Crippen molar-refractivity contribution in [1.82, 2.24) is 0 Å². The van der Waals surface area contributed by atoms with Gasteiger partial charge in [-0.05, 0) is 5.56 Å². The topological polar surface area (TPSA) is 78.1 Å². The van der Waals surface area contributed by atoms with Crippen LogP contribution in [0.3, 0.4) is 0 Å². The Kier molecular flexibility index (Phi) is 2.95. The van der Waals surface area contributed by atoms with Gasteiger partial charge in [0, 0.05) is 0 Å². The quantitative estimate of drug-likeness (QED) is 0.388. The molecular formula is C9H8N2O2. The molecule has 0 unspecified atom stereocenters. The molecule has 66 valence electrons. The second-order valence-electron chi connectivity index (χ2n) is 2.51. The second kappa shape index (κ2) is 4.18. The van der Waals surface area contributed by atoms with Gasteiger partial charge in [0.2, 0.25) is 0 Å². The maximum Gasteiger partial charge on any atom is 0.368 e. The van der Waals surface area contributed by atoms with E-state index >= 15 is 0 Å². The first-order valence-corrected chi connectivity index (χ1v) is 3.72. The molecule has 0 fully saturated rings. The number of hydrogen-bond acceptors (Lipinski definition) is 3. The Bertz CT molecular complexity index is 353. The molecule has 13 heavy (non-hydrogen) atoms. The fourth-order valence-corrected chi connectivity index (χ4v) is 0.947. The molecular weight excluding hydrogens is 168 g/mol. The van der Waals surface area contributed by atoms with Crippen LogP contribution in [0.1, 0.15) is 5.56 Å². The molecule has 0 saturated carbocycles. The number of carboxylic acid groups (broad SMARTS) is 1. The Balaban J connectivity index is 2.80. The summed E-state index contributed by atoms with van der Waals surface area (Å²) in [5, 5.41) is 10.4. The summed E-state index contributed by atoms with van der Waals surface area (Å²) in [5.74, 6) is -1.39. The molecule has 1 aromatic carbocycles. The zero-order chi connectivity index (χ0) is 9.68. The Morgan fingerprint density at radius 1 is 1.38 bits per heavy atom. The van der Waals surface area contributed by atoms with E-state index in [0.29, 0.717) is 0 Å². The number of carbonyl (C=O) groups excluding carboxylic acids is 1. The predicted octanol–water partition coefficient (Wildman–Crippen LogP) is -0.341. The first-order valence-electron chi connectivity index (χ1n) is 3.72. The third-order valence-corrected chi connectivity index (χ3v) is 1.58. The highest BCUT2D eigenvalue weighted by Gasteiger charge is 2.12. The largest absolute Gasteiger partial charge is 0.539 e. The number of nitrogens with one attached hydrogen (secondary N) is 1. The van der Waals surface area contributed by atoms with E-state index in [2.05, 4.69) is 4.79 Å². The molecule has 0 radical (unpaired) electrons. The lowest BCUT2D eigenvalue weighted by atomic mass is 10.1. The molecule has 0 bridgehead atoms. The second-order valence-corrected chi connectivity index (χ2v) is 2.51. The van der Waals surface area contributed by atoms with E-state index in [1.54, 1.807) is 24.3 Å². The van der Waals surface area contributed by atoms with Gasteiger partial charge in [-0.2, -0.15) is 0 Å². The SMILES string of the molecule is N=[N+]=C(Cc1ccccc1)C(=O)[O-]. The number of carbonyl (C=O) groups is 1. The van der Waals surface area contributed by atoms with Crippen LogP contribution in [0.2, 0.25) is 0 Å². The first-order chi connectivity index (χ1) is 6.24. The van der Waals surface area contributed by atoms with E-state index in [1.807, 2.05) is 6.07 Å². The van der Waals surface area contributed by atoms with Crippen LogP contribution in [0.4, 0.5) is 0 Å². The summed E-state index contributed by atoms with van der Waals surface area (Å²) in [7, 11) is 0. The van der Waals surface area contributed by atoms with Crippen LogP contribution in [-0.2, 0) is 11.2 Å². The number of carboxylic acids is 1. The summed E-state index contributed by atoms with van der Waals surface area (Å²) in [4.78, 5) is 13.3. The smallest absolute Gasteiger partial charge is 0.368 e. The summed E-state index contributed by atoms with van der Waals surface area (Å²) in [5.41, 5.74) is 7.15. The highest BCUT2D eigenvalue weighted by Crippen LogP contribution is 1.99. The average molecular weight is 176 g/mol. The zero-order valence-electron chi connectivity index (χ0n) is 6.86. The highest BCUT2D eigenvalue weighted by atomic mass is 16.4. The van der Waals surface area contributed by atoms with E-state index in [1.165, 1.54) is 0 Å². The first kappa shape index (κ1) is 9.16. The fraction of sp³-hybridized carbons (Fsp3) is 0.111. The van der Waals surface area contributed by atoms with Gasteiger partial charge in [-0.25, -0.2) is 0 Å². The van der Waals surface area contributed by atoms with Gasteiger partial charge in [-0.3, -0.25) is 0 Å². The van der Waals surface area contributed by atoms with Crippen LogP contribution in [0.5, 0.6) is 0 Å². The number of aliphatic carboxylic acids is 1. The van der Waals surface area contributed by atoms with Gasteiger partial charge >= 0.3 is 5.71 Å². The van der Waals surface area contributed by atoms with Crippen LogP contribution in [-0.4, -0.2) is 16.5 Å². The lowest BCUT2D eigenvalue weighted by molar-refractivity contribution is -0.299. The maximum absolute atomic E-state index is 10.4. The van der Waals surface area contributed by atoms with Gasteiger partial charge in [-0.15, -0.1) is 0 Å². The van der Waals surface area contributed by atoms with Crippen molar-refractivity contribution in [2.45, 2.75) is 6.42 Å². The molecule has 0 spiro atoms. The molecule has 0 aliphatic rings. The lowest BCUT2D eigenvalue weighted by Crippen LogP contribution is -2.33. The number of benzene rings is 1. The van der Waals surface area contributed by atoms with Crippen molar-refractivity contribution in [2.24, 2.45) is 0 Å². The average Bonchev–Trinajstić information content (AvgIpc) is 2.15. The molecule has 0 heterocycles. The number of nitrogens with zero attached hydrogens (tertiary/aromatic N) is 1. The van der Waals surface area contributed by atoms with Crippen LogP contribution >= 0.6 is 0 Å². The fourth-order valence-electron chi connectivity index (χ4n) is 0.947. The van der Waals surface area contributed by atoms with Crippen LogP contribution in [0.15, 0.2) is 30.3 Å². The van der Waals surface area contributed by atoms with E-state index in [-0.39, 0.29) is 12.1 Å². The lowest BCUT2D eigenvalue weighted by Gasteiger charge is -1.95. The van der Waals surface area contributed by atoms with Gasteiger partial charge in [0.25, 0.3) is 0 Å². The van der Waals surface area contributed by atoms with Crippen LogP contribution in [0.25, 0.3) is 0 Å². The van der Waals surface area contributed by atoms with Gasteiger partial charge < -0.3 is 9.90 Å². The van der Waals surface area contributed by atoms with Gasteiger partial charge in [-0.1, -0.05) is 30.3 Å². The van der Waals surface area contributed by atoms with Gasteiger partial charge in [0.1, 0.15) is 0 Å². The minimum Gasteiger partial charge on any atom is -0.539 e. The standard InChI is InChI=1S/C9H8N2O2/c10-11-8(9(12)13)6-7-4-2-1-3-5-7/h1-5,10H,6H2. The minimum absolute atomic E-state index is 0.132. The van der Waals surface area contributed by atoms with E-state index in [9.17, 15) is 9.90 Å². The summed E-state index contributed by atoms with van der Waals surface area (Å²) in [6.45, 7) is 0. The van der Waals surface area contributed by atoms with Crippen molar-refractivity contribution in [3.8, 4) is 0 Å². The Morgan fingerprint density at radius 3 is 2.46 bits per heavy atom. The normalized spacial score (nSPS) is 8.92. The van der Waals surface area contributed by atoms with Crippen molar-refractivity contribution in [2.75, 3.05) is 0 Å². The molecule has 0 saturated heterocycles. The molecule has 0 aromatic heterocycles. The van der Waals surface area contributed by atoms with Crippen molar-refractivity contribution in [3.63, 3.8) is 0 Å². The van der Waals surface area contributed by atoms with Gasteiger partial charge in [0.15, 0.2) is 5.97 Å². The predicted molar refractivity (Wildman–Crippen MR) is 43.1 cm³/mol. The minimum atomic E-state index is -1.39. The van der Waals surface area contributed by atoms with Crippen molar-refractivity contribution >= 4 is 11.7 Å². The van der Waals surface area contributed by atoms with Crippen molar-refractivity contribution in [1.29, 1.82) is 5.53 Å². The summed E-state index contributed by atoms with van der Waals surface area (Å²) in [6, 6.07) is 8.97. The van der Waals surface area contributed by atoms with E-state index in [4.69, 9.17) is 5.53 Å². The molecule has 4 heteroatoms. The molecule has 0 amide bonds. The molecule has 0 aliphatic carbocycles. The van der Waals surface area contributed by atoms with Crippen LogP contribution < -0.4 is 5.11 Å². The third kappa shape index (κ3) is 2.54. The maximum atomic E-state index is 10.4.